The van der Waals surface area contributed by atoms with Crippen LogP contribution in [0.4, 0.5) is 0 Å². The van der Waals surface area contributed by atoms with Crippen molar-refractivity contribution in [1.29, 1.82) is 0 Å². The second-order valence-corrected chi connectivity index (χ2v) is 3.71. The number of rotatable bonds is 2. The zero-order chi connectivity index (χ0) is 8.23. The zero-order valence-electron chi connectivity index (χ0n) is 7.59. The van der Waals surface area contributed by atoms with E-state index >= 15 is 0 Å². The second kappa shape index (κ2) is 4.21. The first kappa shape index (κ1) is 8.48. The first-order valence-electron chi connectivity index (χ1n) is 5.00. The molecule has 12 heavy (non-hydrogen) atoms. The monoisotopic (exact) mass is 170 g/mol. The van der Waals surface area contributed by atoms with Crippen molar-refractivity contribution in [2.24, 2.45) is 0 Å². The molecule has 2 rings (SSSR count). The molecule has 0 radical (unpaired) electrons. The van der Waals surface area contributed by atoms with Gasteiger partial charge in [0.15, 0.2) is 0 Å². The van der Waals surface area contributed by atoms with E-state index in [9.17, 15) is 0 Å². The van der Waals surface area contributed by atoms with Gasteiger partial charge in [-0.1, -0.05) is 0 Å². The average Bonchev–Trinajstić information content (AvgIpc) is 2.78. The highest BCUT2D eigenvalue weighted by Crippen LogP contribution is 2.11. The zero-order valence-corrected chi connectivity index (χ0v) is 7.59. The van der Waals surface area contributed by atoms with Crippen LogP contribution in [0.5, 0.6) is 0 Å². The fraction of sp³-hybridized carbons (Fsp3) is 1.00. The molecule has 3 heteroatoms. The van der Waals surface area contributed by atoms with Crippen LogP contribution in [-0.2, 0) is 4.74 Å². The highest BCUT2D eigenvalue weighted by Gasteiger charge is 2.25. The molecule has 0 saturated carbocycles. The van der Waals surface area contributed by atoms with Gasteiger partial charge in [-0.25, -0.2) is 0 Å². The number of ether oxygens (including phenoxy) is 1. The number of hydrogen-bond acceptors (Lipinski definition) is 3. The Labute approximate surface area is 74.1 Å². The molecular formula is C9H18N2O. The topological polar surface area (TPSA) is 27.8 Å². The molecule has 2 fully saturated rings. The molecule has 2 saturated heterocycles. The molecule has 2 aliphatic rings. The molecule has 0 amide bonds. The van der Waals surface area contributed by atoms with Crippen LogP contribution in [-0.4, -0.2) is 50.3 Å². The van der Waals surface area contributed by atoms with Crippen LogP contribution in [0.2, 0.25) is 0 Å². The number of epoxide rings is 1. The molecule has 3 nitrogen and oxygen atoms in total. The molecule has 0 aromatic rings. The molecule has 0 spiro atoms. The molecule has 0 aliphatic carbocycles. The van der Waals surface area contributed by atoms with Gasteiger partial charge in [-0.05, 0) is 39.0 Å². The molecule has 2 heterocycles. The molecular weight excluding hydrogens is 152 g/mol. The third-order valence-electron chi connectivity index (χ3n) is 2.52. The van der Waals surface area contributed by atoms with Gasteiger partial charge in [0.05, 0.1) is 12.7 Å². The van der Waals surface area contributed by atoms with Crippen molar-refractivity contribution >= 4 is 0 Å². The molecule has 0 aromatic carbocycles. The summed E-state index contributed by atoms with van der Waals surface area (Å²) in [6.45, 7) is 7.01. The predicted molar refractivity (Wildman–Crippen MR) is 48.3 cm³/mol. The Morgan fingerprint density at radius 1 is 1.25 bits per heavy atom. The van der Waals surface area contributed by atoms with Gasteiger partial charge in [-0.2, -0.15) is 0 Å². The minimum Gasteiger partial charge on any atom is -0.372 e. The normalized spacial score (nSPS) is 32.5. The number of hydrogen-bond donors (Lipinski definition) is 1. The molecule has 1 N–H and O–H groups in total. The second-order valence-electron chi connectivity index (χ2n) is 3.71. The van der Waals surface area contributed by atoms with Crippen LogP contribution in [0.25, 0.3) is 0 Å². The largest absolute Gasteiger partial charge is 0.372 e. The van der Waals surface area contributed by atoms with E-state index in [0.29, 0.717) is 6.10 Å². The third-order valence-corrected chi connectivity index (χ3v) is 2.52. The average molecular weight is 170 g/mol. The third kappa shape index (κ3) is 2.73. The van der Waals surface area contributed by atoms with Crippen LogP contribution >= 0.6 is 0 Å². The highest BCUT2D eigenvalue weighted by molar-refractivity contribution is 4.75. The Kier molecular flexibility index (Phi) is 2.98. The van der Waals surface area contributed by atoms with Crippen LogP contribution < -0.4 is 5.32 Å². The Balaban J connectivity index is 1.69. The summed E-state index contributed by atoms with van der Waals surface area (Å²) in [6, 6.07) is 0. The van der Waals surface area contributed by atoms with E-state index < -0.39 is 0 Å². The van der Waals surface area contributed by atoms with Crippen LogP contribution in [0.3, 0.4) is 0 Å². The molecule has 0 aromatic heterocycles. The first-order valence-corrected chi connectivity index (χ1v) is 5.00. The van der Waals surface area contributed by atoms with Gasteiger partial charge in [0.2, 0.25) is 0 Å². The lowest BCUT2D eigenvalue weighted by Gasteiger charge is -2.23. The summed E-state index contributed by atoms with van der Waals surface area (Å²) >= 11 is 0. The van der Waals surface area contributed by atoms with Gasteiger partial charge in [0, 0.05) is 6.54 Å². The fourth-order valence-electron chi connectivity index (χ4n) is 1.74. The van der Waals surface area contributed by atoms with E-state index in [2.05, 4.69) is 10.2 Å². The summed E-state index contributed by atoms with van der Waals surface area (Å²) in [5.41, 5.74) is 0. The fourth-order valence-corrected chi connectivity index (χ4v) is 1.74. The van der Waals surface area contributed by atoms with E-state index in [1.54, 1.807) is 0 Å². The van der Waals surface area contributed by atoms with E-state index in [1.165, 1.54) is 45.6 Å². The maximum absolute atomic E-state index is 5.23. The number of nitrogens with zero attached hydrogens (tertiary/aromatic N) is 1. The van der Waals surface area contributed by atoms with Gasteiger partial charge in [0.1, 0.15) is 0 Å². The van der Waals surface area contributed by atoms with Crippen molar-refractivity contribution in [2.75, 3.05) is 39.3 Å². The lowest BCUT2D eigenvalue weighted by atomic mass is 10.2. The van der Waals surface area contributed by atoms with Crippen LogP contribution in [0.1, 0.15) is 12.8 Å². The smallest absolute Gasteiger partial charge is 0.0936 e. The lowest BCUT2D eigenvalue weighted by Crippen LogP contribution is -2.36. The standard InChI is InChI=1S/C9H18N2O/c1-3-10-4-2-6-11(5-1)7-9-8-12-9/h9-10H,1-8H2. The van der Waals surface area contributed by atoms with Crippen LogP contribution in [0, 0.1) is 0 Å². The Bertz CT molecular complexity index is 128. The van der Waals surface area contributed by atoms with Crippen molar-refractivity contribution in [3.05, 3.63) is 0 Å². The maximum atomic E-state index is 5.23. The van der Waals surface area contributed by atoms with Gasteiger partial charge in [-0.15, -0.1) is 0 Å². The maximum Gasteiger partial charge on any atom is 0.0936 e. The van der Waals surface area contributed by atoms with Gasteiger partial charge >= 0.3 is 0 Å². The summed E-state index contributed by atoms with van der Waals surface area (Å²) in [5.74, 6) is 0. The van der Waals surface area contributed by atoms with Crippen molar-refractivity contribution in [3.8, 4) is 0 Å². The number of nitrogens with one attached hydrogen (secondary N) is 1. The first-order chi connectivity index (χ1) is 5.95. The molecule has 0 bridgehead atoms. The molecule has 2 aliphatic heterocycles. The molecule has 1 unspecified atom stereocenters. The van der Waals surface area contributed by atoms with Gasteiger partial charge < -0.3 is 15.0 Å². The lowest BCUT2D eigenvalue weighted by molar-refractivity contribution is 0.227. The summed E-state index contributed by atoms with van der Waals surface area (Å²) in [5, 5.41) is 3.42. The summed E-state index contributed by atoms with van der Waals surface area (Å²) in [7, 11) is 0. The Morgan fingerprint density at radius 2 is 1.92 bits per heavy atom. The van der Waals surface area contributed by atoms with E-state index in [1.807, 2.05) is 0 Å². The minimum atomic E-state index is 0.567. The van der Waals surface area contributed by atoms with Crippen molar-refractivity contribution in [3.63, 3.8) is 0 Å². The highest BCUT2D eigenvalue weighted by atomic mass is 16.6. The van der Waals surface area contributed by atoms with E-state index in [0.717, 1.165) is 6.61 Å². The predicted octanol–water partition coefficient (Wildman–Crippen LogP) is 0.0706. The SMILES string of the molecule is C1CNCCCN(CC2CO2)C1. The van der Waals surface area contributed by atoms with Crippen molar-refractivity contribution < 1.29 is 4.74 Å². The molecule has 1 atom stereocenters. The van der Waals surface area contributed by atoms with E-state index in [-0.39, 0.29) is 0 Å². The van der Waals surface area contributed by atoms with E-state index in [4.69, 9.17) is 4.74 Å². The molecule has 70 valence electrons. The van der Waals surface area contributed by atoms with Gasteiger partial charge in [-0.3, -0.25) is 0 Å². The summed E-state index contributed by atoms with van der Waals surface area (Å²) in [4.78, 5) is 2.54. The Hall–Kier alpha value is -0.120. The van der Waals surface area contributed by atoms with Gasteiger partial charge in [0.25, 0.3) is 0 Å². The Morgan fingerprint density at radius 3 is 2.50 bits per heavy atom. The minimum absolute atomic E-state index is 0.567. The summed E-state index contributed by atoms with van der Waals surface area (Å²) in [6.07, 6.45) is 3.14. The van der Waals surface area contributed by atoms with Crippen molar-refractivity contribution in [2.45, 2.75) is 18.9 Å². The quantitative estimate of drug-likeness (QED) is 0.594. The summed E-state index contributed by atoms with van der Waals surface area (Å²) < 4.78 is 5.23. The van der Waals surface area contributed by atoms with Crippen molar-refractivity contribution in [1.82, 2.24) is 10.2 Å². The van der Waals surface area contributed by atoms with Crippen LogP contribution in [0.15, 0.2) is 0 Å².